The summed E-state index contributed by atoms with van der Waals surface area (Å²) < 4.78 is 28.6. The Bertz CT molecular complexity index is 998. The zero-order valence-corrected chi connectivity index (χ0v) is 14.2. The largest absolute Gasteiger partial charge is 0.495 e. The number of aromatic amines is 1. The van der Waals surface area contributed by atoms with Crippen LogP contribution in [0.25, 0.3) is 11.0 Å². The highest BCUT2D eigenvalue weighted by Crippen LogP contribution is 2.30. The topological polar surface area (TPSA) is 109 Å². The molecule has 9 heteroatoms. The van der Waals surface area contributed by atoms with E-state index in [1.807, 2.05) is 6.07 Å². The Kier molecular flexibility index (Phi) is 4.02. The molecule has 0 saturated carbocycles. The number of nitrogens with one attached hydrogen (secondary N) is 3. The summed E-state index contributed by atoms with van der Waals surface area (Å²) in [5, 5.41) is 6.95. The predicted octanol–water partition coefficient (Wildman–Crippen LogP) is 2.16. The standard InChI is InChI=1S/C15H17N5O3S/c1-16-13-10-6-7-17-14(10)20-15(19-13)18-11-5-4-9(24(3,21)22)8-12(11)23-2/h4-8H,1-3H3,(H3,16,17,18,19,20). The van der Waals surface area contributed by atoms with Crippen LogP contribution in [0.3, 0.4) is 0 Å². The number of methoxy groups -OCH3 is 1. The van der Waals surface area contributed by atoms with Gasteiger partial charge in [0.05, 0.1) is 23.1 Å². The zero-order chi connectivity index (χ0) is 17.3. The second-order valence-electron chi connectivity index (χ2n) is 5.15. The summed E-state index contributed by atoms with van der Waals surface area (Å²) in [6.07, 6.45) is 2.93. The molecule has 0 radical (unpaired) electrons. The minimum atomic E-state index is -3.31. The average molecular weight is 347 g/mol. The lowest BCUT2D eigenvalue weighted by molar-refractivity contribution is 0.415. The van der Waals surface area contributed by atoms with Crippen molar-refractivity contribution < 1.29 is 13.2 Å². The van der Waals surface area contributed by atoms with E-state index in [-0.39, 0.29) is 4.90 Å². The molecule has 2 heterocycles. The normalized spacial score (nSPS) is 11.5. The summed E-state index contributed by atoms with van der Waals surface area (Å²) in [5.41, 5.74) is 1.25. The molecular formula is C15H17N5O3S. The smallest absolute Gasteiger partial charge is 0.231 e. The minimum Gasteiger partial charge on any atom is -0.495 e. The van der Waals surface area contributed by atoms with Crippen LogP contribution >= 0.6 is 0 Å². The first-order valence-electron chi connectivity index (χ1n) is 7.10. The van der Waals surface area contributed by atoms with Crippen LogP contribution in [-0.2, 0) is 9.84 Å². The third-order valence-electron chi connectivity index (χ3n) is 3.50. The number of anilines is 3. The van der Waals surface area contributed by atoms with Gasteiger partial charge in [-0.1, -0.05) is 0 Å². The Morgan fingerprint density at radius 2 is 2.00 bits per heavy atom. The van der Waals surface area contributed by atoms with Crippen LogP contribution in [0, 0.1) is 0 Å². The van der Waals surface area contributed by atoms with Gasteiger partial charge < -0.3 is 20.4 Å². The molecule has 8 nitrogen and oxygen atoms in total. The van der Waals surface area contributed by atoms with Crippen LogP contribution in [0.4, 0.5) is 17.5 Å². The number of nitrogens with zero attached hydrogens (tertiary/aromatic N) is 2. The van der Waals surface area contributed by atoms with Gasteiger partial charge in [0.15, 0.2) is 9.84 Å². The second-order valence-corrected chi connectivity index (χ2v) is 7.16. The highest BCUT2D eigenvalue weighted by atomic mass is 32.2. The first kappa shape index (κ1) is 16.1. The highest BCUT2D eigenvalue weighted by molar-refractivity contribution is 7.90. The fraction of sp³-hybridized carbons (Fsp3) is 0.200. The maximum absolute atomic E-state index is 11.7. The number of benzene rings is 1. The molecule has 1 aromatic carbocycles. The monoisotopic (exact) mass is 347 g/mol. The van der Waals surface area contributed by atoms with Gasteiger partial charge in [0.25, 0.3) is 0 Å². The Hall–Kier alpha value is -2.81. The molecule has 24 heavy (non-hydrogen) atoms. The molecule has 0 amide bonds. The molecule has 3 aromatic rings. The minimum absolute atomic E-state index is 0.182. The van der Waals surface area contributed by atoms with Crippen molar-refractivity contribution >= 4 is 38.3 Å². The van der Waals surface area contributed by atoms with Gasteiger partial charge in [0.2, 0.25) is 5.95 Å². The van der Waals surface area contributed by atoms with E-state index in [1.54, 1.807) is 19.3 Å². The molecule has 0 bridgehead atoms. The van der Waals surface area contributed by atoms with E-state index in [0.29, 0.717) is 28.9 Å². The zero-order valence-electron chi connectivity index (χ0n) is 13.4. The lowest BCUT2D eigenvalue weighted by atomic mass is 10.3. The molecule has 0 saturated heterocycles. The second kappa shape index (κ2) is 6.00. The van der Waals surface area contributed by atoms with E-state index in [1.165, 1.54) is 19.2 Å². The van der Waals surface area contributed by atoms with E-state index < -0.39 is 9.84 Å². The van der Waals surface area contributed by atoms with Crippen LogP contribution in [0.2, 0.25) is 0 Å². The highest BCUT2D eigenvalue weighted by Gasteiger charge is 2.14. The molecule has 0 fully saturated rings. The lowest BCUT2D eigenvalue weighted by Gasteiger charge is -2.12. The predicted molar refractivity (Wildman–Crippen MR) is 92.8 cm³/mol. The Morgan fingerprint density at radius 3 is 2.67 bits per heavy atom. The molecule has 0 spiro atoms. The molecular weight excluding hydrogens is 330 g/mol. The van der Waals surface area contributed by atoms with Gasteiger partial charge in [0, 0.05) is 25.6 Å². The van der Waals surface area contributed by atoms with Gasteiger partial charge in [-0.25, -0.2) is 8.42 Å². The van der Waals surface area contributed by atoms with Crippen LogP contribution in [-0.4, -0.2) is 43.8 Å². The van der Waals surface area contributed by atoms with Crippen LogP contribution in [0.1, 0.15) is 0 Å². The van der Waals surface area contributed by atoms with Crippen LogP contribution in [0.15, 0.2) is 35.4 Å². The number of ether oxygens (including phenoxy) is 1. The lowest BCUT2D eigenvalue weighted by Crippen LogP contribution is -2.04. The van der Waals surface area contributed by atoms with E-state index in [4.69, 9.17) is 4.74 Å². The Labute approximate surface area is 139 Å². The molecule has 2 aromatic heterocycles. The van der Waals surface area contributed by atoms with Gasteiger partial charge in [-0.2, -0.15) is 9.97 Å². The molecule has 0 atom stereocenters. The summed E-state index contributed by atoms with van der Waals surface area (Å²) in [6.45, 7) is 0. The van der Waals surface area contributed by atoms with Crippen molar-refractivity contribution in [2.45, 2.75) is 4.90 Å². The van der Waals surface area contributed by atoms with Crippen LogP contribution in [0.5, 0.6) is 5.75 Å². The molecule has 126 valence electrons. The number of sulfone groups is 1. The van der Waals surface area contributed by atoms with Crippen molar-refractivity contribution in [2.24, 2.45) is 0 Å². The molecule has 3 N–H and O–H groups in total. The molecule has 0 unspecified atom stereocenters. The van der Waals surface area contributed by atoms with Gasteiger partial charge in [-0.05, 0) is 18.2 Å². The van der Waals surface area contributed by atoms with E-state index in [9.17, 15) is 8.42 Å². The summed E-state index contributed by atoms with van der Waals surface area (Å²) >= 11 is 0. The Morgan fingerprint density at radius 1 is 1.21 bits per heavy atom. The van der Waals surface area contributed by atoms with Crippen molar-refractivity contribution in [1.82, 2.24) is 15.0 Å². The third-order valence-corrected chi connectivity index (χ3v) is 4.61. The molecule has 0 aliphatic carbocycles. The first-order chi connectivity index (χ1) is 11.4. The third kappa shape index (κ3) is 2.98. The fourth-order valence-electron chi connectivity index (χ4n) is 2.31. The molecule has 3 rings (SSSR count). The number of rotatable bonds is 5. The van der Waals surface area contributed by atoms with E-state index in [0.717, 1.165) is 11.6 Å². The maximum Gasteiger partial charge on any atom is 0.231 e. The molecule has 0 aliphatic heterocycles. The number of aromatic nitrogens is 3. The maximum atomic E-state index is 11.7. The Balaban J connectivity index is 2.02. The van der Waals surface area contributed by atoms with Crippen molar-refractivity contribution in [2.75, 3.05) is 31.0 Å². The number of hydrogen-bond acceptors (Lipinski definition) is 7. The average Bonchev–Trinajstić information content (AvgIpc) is 3.01. The summed E-state index contributed by atoms with van der Waals surface area (Å²) in [7, 11) is -0.0604. The van der Waals surface area contributed by atoms with Crippen molar-refractivity contribution in [3.63, 3.8) is 0 Å². The number of H-pyrrole nitrogens is 1. The van der Waals surface area contributed by atoms with Gasteiger partial charge in [-0.15, -0.1) is 0 Å². The van der Waals surface area contributed by atoms with Gasteiger partial charge in [0.1, 0.15) is 17.2 Å². The summed E-state index contributed by atoms with van der Waals surface area (Å²) in [5.74, 6) is 1.43. The van der Waals surface area contributed by atoms with Crippen molar-refractivity contribution in [3.05, 3.63) is 30.5 Å². The van der Waals surface area contributed by atoms with E-state index >= 15 is 0 Å². The van der Waals surface area contributed by atoms with Crippen LogP contribution < -0.4 is 15.4 Å². The summed E-state index contributed by atoms with van der Waals surface area (Å²) in [6, 6.07) is 6.47. The SMILES string of the molecule is CNc1nc(Nc2ccc(S(C)(=O)=O)cc2OC)nc2[nH]ccc12. The van der Waals surface area contributed by atoms with E-state index in [2.05, 4.69) is 25.6 Å². The quantitative estimate of drug-likeness (QED) is 0.649. The van der Waals surface area contributed by atoms with Crippen molar-refractivity contribution in [1.29, 1.82) is 0 Å². The first-order valence-corrected chi connectivity index (χ1v) is 8.99. The number of fused-ring (bicyclic) bond motifs is 1. The molecule has 0 aliphatic rings. The summed E-state index contributed by atoms with van der Waals surface area (Å²) in [4.78, 5) is 12.0. The number of hydrogen-bond donors (Lipinski definition) is 3. The van der Waals surface area contributed by atoms with Gasteiger partial charge >= 0.3 is 0 Å². The fourth-order valence-corrected chi connectivity index (χ4v) is 2.95. The van der Waals surface area contributed by atoms with Crippen molar-refractivity contribution in [3.8, 4) is 5.75 Å². The van der Waals surface area contributed by atoms with Gasteiger partial charge in [-0.3, -0.25) is 0 Å².